The van der Waals surface area contributed by atoms with E-state index in [-0.39, 0.29) is 17.8 Å². The maximum Gasteiger partial charge on any atom is 0.320 e. The van der Waals surface area contributed by atoms with Gasteiger partial charge in [-0.3, -0.25) is 0 Å². The standard InChI is InChI=1S/C18H17FN4O/c19-16-3-1-14(2-4-16)17(10-21)15-5-7-22(8-6-15)18(24)23-11-13(9-20)12-23/h1-4,13H,5-8,11-12H2. The summed E-state index contributed by atoms with van der Waals surface area (Å²) in [5.74, 6) is -0.371. The van der Waals surface area contributed by atoms with Crippen LogP contribution in [-0.2, 0) is 0 Å². The summed E-state index contributed by atoms with van der Waals surface area (Å²) in [6, 6.07) is 10.3. The SMILES string of the molecule is N#CC(=C1CCN(C(=O)N2CC(C#N)C2)CC1)c1ccc(F)cc1. The molecule has 2 aliphatic heterocycles. The molecule has 1 aromatic carbocycles. The summed E-state index contributed by atoms with van der Waals surface area (Å²) in [6.45, 7) is 2.14. The summed E-state index contributed by atoms with van der Waals surface area (Å²) >= 11 is 0. The molecule has 0 radical (unpaired) electrons. The first-order valence-corrected chi connectivity index (χ1v) is 7.94. The molecule has 0 N–H and O–H groups in total. The first-order valence-electron chi connectivity index (χ1n) is 7.94. The Kier molecular flexibility index (Phi) is 4.48. The van der Waals surface area contributed by atoms with Gasteiger partial charge < -0.3 is 9.80 Å². The van der Waals surface area contributed by atoms with Crippen molar-refractivity contribution < 1.29 is 9.18 Å². The van der Waals surface area contributed by atoms with Gasteiger partial charge in [0.1, 0.15) is 5.82 Å². The molecule has 2 aliphatic rings. The number of nitriles is 2. The third kappa shape index (κ3) is 3.09. The number of hydrogen-bond acceptors (Lipinski definition) is 3. The van der Waals surface area contributed by atoms with E-state index in [0.29, 0.717) is 50.2 Å². The summed E-state index contributed by atoms with van der Waals surface area (Å²) in [5, 5.41) is 18.2. The minimum Gasteiger partial charge on any atom is -0.324 e. The summed E-state index contributed by atoms with van der Waals surface area (Å²) < 4.78 is 13.0. The molecule has 0 aromatic heterocycles. The van der Waals surface area contributed by atoms with Crippen LogP contribution in [0.1, 0.15) is 18.4 Å². The molecular weight excluding hydrogens is 307 g/mol. The summed E-state index contributed by atoms with van der Waals surface area (Å²) in [6.07, 6.45) is 1.28. The fraction of sp³-hybridized carbons (Fsp3) is 0.389. The van der Waals surface area contributed by atoms with Crippen LogP contribution < -0.4 is 0 Å². The molecule has 0 atom stereocenters. The van der Waals surface area contributed by atoms with Crippen LogP contribution in [0.2, 0.25) is 0 Å². The van der Waals surface area contributed by atoms with E-state index in [4.69, 9.17) is 5.26 Å². The van der Waals surface area contributed by atoms with Crippen LogP contribution in [0.4, 0.5) is 9.18 Å². The van der Waals surface area contributed by atoms with E-state index in [1.54, 1.807) is 21.9 Å². The lowest BCUT2D eigenvalue weighted by molar-refractivity contribution is 0.106. The van der Waals surface area contributed by atoms with Crippen LogP contribution in [0.15, 0.2) is 29.8 Å². The zero-order valence-corrected chi connectivity index (χ0v) is 13.2. The van der Waals surface area contributed by atoms with Crippen LogP contribution in [0.5, 0.6) is 0 Å². The van der Waals surface area contributed by atoms with Crippen molar-refractivity contribution in [3.63, 3.8) is 0 Å². The molecule has 3 rings (SSSR count). The molecule has 0 bridgehead atoms. The van der Waals surface area contributed by atoms with Gasteiger partial charge in [-0.15, -0.1) is 0 Å². The lowest BCUT2D eigenvalue weighted by Gasteiger charge is -2.40. The summed E-state index contributed by atoms with van der Waals surface area (Å²) in [7, 11) is 0. The van der Waals surface area contributed by atoms with Crippen LogP contribution in [0, 0.1) is 34.4 Å². The second kappa shape index (κ2) is 6.72. The summed E-state index contributed by atoms with van der Waals surface area (Å²) in [5.41, 5.74) is 2.30. The lowest BCUT2D eigenvalue weighted by atomic mass is 9.94. The Bertz CT molecular complexity index is 741. The predicted octanol–water partition coefficient (Wildman–Crippen LogP) is 2.77. The van der Waals surface area contributed by atoms with Crippen LogP contribution >= 0.6 is 0 Å². The van der Waals surface area contributed by atoms with E-state index < -0.39 is 0 Å². The van der Waals surface area contributed by atoms with E-state index in [1.165, 1.54) is 12.1 Å². The average Bonchev–Trinajstić information content (AvgIpc) is 2.57. The highest BCUT2D eigenvalue weighted by Gasteiger charge is 2.34. The molecule has 2 heterocycles. The number of allylic oxidation sites excluding steroid dienone is 1. The molecule has 0 saturated carbocycles. The predicted molar refractivity (Wildman–Crippen MR) is 85.8 cm³/mol. The van der Waals surface area contributed by atoms with E-state index in [2.05, 4.69) is 12.1 Å². The van der Waals surface area contributed by atoms with Gasteiger partial charge in [0.15, 0.2) is 0 Å². The molecule has 2 saturated heterocycles. The molecule has 0 aliphatic carbocycles. The number of piperidine rings is 1. The molecule has 122 valence electrons. The van der Waals surface area contributed by atoms with E-state index in [9.17, 15) is 14.4 Å². The molecule has 2 fully saturated rings. The van der Waals surface area contributed by atoms with Gasteiger partial charge in [-0.2, -0.15) is 10.5 Å². The lowest BCUT2D eigenvalue weighted by Crippen LogP contribution is -2.55. The monoisotopic (exact) mass is 324 g/mol. The third-order valence-corrected chi connectivity index (χ3v) is 4.57. The van der Waals surface area contributed by atoms with Gasteiger partial charge in [-0.05, 0) is 36.1 Å². The van der Waals surface area contributed by atoms with Crippen molar-refractivity contribution in [2.45, 2.75) is 12.8 Å². The van der Waals surface area contributed by atoms with Crippen molar-refractivity contribution in [1.82, 2.24) is 9.80 Å². The Balaban J connectivity index is 1.65. The van der Waals surface area contributed by atoms with Gasteiger partial charge >= 0.3 is 6.03 Å². The van der Waals surface area contributed by atoms with Gasteiger partial charge in [0.05, 0.1) is 23.6 Å². The van der Waals surface area contributed by atoms with Crippen LogP contribution in [0.3, 0.4) is 0 Å². The highest BCUT2D eigenvalue weighted by molar-refractivity contribution is 5.80. The fourth-order valence-corrected chi connectivity index (χ4v) is 3.10. The molecule has 5 nitrogen and oxygen atoms in total. The smallest absolute Gasteiger partial charge is 0.320 e. The number of likely N-dealkylation sites (tertiary alicyclic amines) is 2. The number of carbonyl (C=O) groups is 1. The third-order valence-electron chi connectivity index (χ3n) is 4.57. The molecular formula is C18H17FN4O. The highest BCUT2D eigenvalue weighted by atomic mass is 19.1. The second-order valence-corrected chi connectivity index (χ2v) is 6.10. The quantitative estimate of drug-likeness (QED) is 0.746. The minimum absolute atomic E-state index is 0.0270. The van der Waals surface area contributed by atoms with Crippen LogP contribution in [-0.4, -0.2) is 42.0 Å². The first-order chi connectivity index (χ1) is 11.6. The molecule has 0 spiro atoms. The Morgan fingerprint density at radius 3 is 2.25 bits per heavy atom. The van der Waals surface area contributed by atoms with Crippen molar-refractivity contribution in [2.24, 2.45) is 5.92 Å². The number of urea groups is 1. The minimum atomic E-state index is -0.327. The average molecular weight is 324 g/mol. The normalized spacial score (nSPS) is 17.7. The maximum atomic E-state index is 13.0. The zero-order chi connectivity index (χ0) is 17.1. The largest absolute Gasteiger partial charge is 0.324 e. The molecule has 6 heteroatoms. The Labute approximate surface area is 140 Å². The van der Waals surface area contributed by atoms with Crippen molar-refractivity contribution in [1.29, 1.82) is 10.5 Å². The highest BCUT2D eigenvalue weighted by Crippen LogP contribution is 2.28. The molecule has 0 unspecified atom stereocenters. The number of amides is 2. The van der Waals surface area contributed by atoms with Crippen molar-refractivity contribution >= 4 is 11.6 Å². The van der Waals surface area contributed by atoms with E-state index in [0.717, 1.165) is 5.57 Å². The number of rotatable bonds is 1. The van der Waals surface area contributed by atoms with Crippen molar-refractivity contribution in [2.75, 3.05) is 26.2 Å². The Morgan fingerprint density at radius 1 is 1.08 bits per heavy atom. The number of halogens is 1. The van der Waals surface area contributed by atoms with Gasteiger partial charge in [0, 0.05) is 26.2 Å². The second-order valence-electron chi connectivity index (χ2n) is 6.10. The van der Waals surface area contributed by atoms with Crippen LogP contribution in [0.25, 0.3) is 5.57 Å². The van der Waals surface area contributed by atoms with Gasteiger partial charge in [0.2, 0.25) is 0 Å². The Morgan fingerprint density at radius 2 is 1.71 bits per heavy atom. The zero-order valence-electron chi connectivity index (χ0n) is 13.2. The molecule has 2 amide bonds. The summed E-state index contributed by atoms with van der Waals surface area (Å²) in [4.78, 5) is 15.8. The Hall–Kier alpha value is -2.86. The van der Waals surface area contributed by atoms with Crippen molar-refractivity contribution in [3.05, 3.63) is 41.2 Å². The number of nitrogens with zero attached hydrogens (tertiary/aromatic N) is 4. The van der Waals surface area contributed by atoms with E-state index in [1.807, 2.05) is 0 Å². The number of carbonyl (C=O) groups excluding carboxylic acids is 1. The van der Waals surface area contributed by atoms with Gasteiger partial charge in [-0.25, -0.2) is 9.18 Å². The molecule has 1 aromatic rings. The van der Waals surface area contributed by atoms with Gasteiger partial charge in [0.25, 0.3) is 0 Å². The molecule has 24 heavy (non-hydrogen) atoms. The fourth-order valence-electron chi connectivity index (χ4n) is 3.10. The topological polar surface area (TPSA) is 71.1 Å². The maximum absolute atomic E-state index is 13.0. The number of hydrogen-bond donors (Lipinski definition) is 0. The van der Waals surface area contributed by atoms with Gasteiger partial charge in [-0.1, -0.05) is 12.1 Å². The van der Waals surface area contributed by atoms with E-state index >= 15 is 0 Å². The number of benzene rings is 1. The first kappa shape index (κ1) is 16.0. The van der Waals surface area contributed by atoms with Crippen molar-refractivity contribution in [3.8, 4) is 12.1 Å².